The largest absolute Gasteiger partial charge is 0.453 e. The van der Waals surface area contributed by atoms with Crippen LogP contribution in [0.4, 0.5) is 0 Å². The fraction of sp³-hybridized carbons (Fsp3) is 0.344. The van der Waals surface area contributed by atoms with Crippen LogP contribution < -0.4 is 5.32 Å². The van der Waals surface area contributed by atoms with Crippen LogP contribution in [0.2, 0.25) is 0 Å². The average molecular weight is 618 g/mol. The van der Waals surface area contributed by atoms with E-state index >= 15 is 0 Å². The number of aliphatic hydroxyl groups excluding tert-OH is 1. The Morgan fingerprint density at radius 3 is 2.36 bits per heavy atom. The minimum absolute atomic E-state index is 0.00604. The first-order valence-electron chi connectivity index (χ1n) is 14.3. The standard InChI is InChI=1S/C32H35N5O6S/c1-20-28(19-44-32-34-35-36-37(32)27-7-5-4-6-8-27)42-31(43-29(20)25-13-11-24(18-38)12-14-25)26-15-9-23(10-16-26)17-33-30(40)21(2)41-22(3)39/h4-16,20-21,28-29,31,38H,17-19H2,1-3H3,(H,33,40)/t20-,21+,28+,29+,31+/m1/s1. The molecule has 0 radical (unpaired) electrons. The van der Waals surface area contributed by atoms with Gasteiger partial charge in [-0.05, 0) is 46.2 Å². The number of tetrazole rings is 1. The molecule has 0 saturated carbocycles. The molecule has 0 spiro atoms. The van der Waals surface area contributed by atoms with Crippen LogP contribution in [0.1, 0.15) is 55.4 Å². The van der Waals surface area contributed by atoms with E-state index in [1.807, 2.05) is 78.9 Å². The predicted molar refractivity (Wildman–Crippen MR) is 162 cm³/mol. The summed E-state index contributed by atoms with van der Waals surface area (Å²) in [7, 11) is 0. The molecule has 11 nitrogen and oxygen atoms in total. The summed E-state index contributed by atoms with van der Waals surface area (Å²) in [4.78, 5) is 23.4. The van der Waals surface area contributed by atoms with E-state index in [1.54, 1.807) is 4.68 Å². The third-order valence-corrected chi connectivity index (χ3v) is 8.38. The second kappa shape index (κ2) is 14.6. The Morgan fingerprint density at radius 2 is 1.68 bits per heavy atom. The van der Waals surface area contributed by atoms with Crippen molar-refractivity contribution in [2.24, 2.45) is 5.92 Å². The number of rotatable bonds is 11. The minimum Gasteiger partial charge on any atom is -0.453 e. The Morgan fingerprint density at radius 1 is 1.00 bits per heavy atom. The van der Waals surface area contributed by atoms with Gasteiger partial charge in [0.05, 0.1) is 24.5 Å². The molecular weight excluding hydrogens is 582 g/mol. The molecule has 1 saturated heterocycles. The highest BCUT2D eigenvalue weighted by Gasteiger charge is 2.38. The number of hydrogen-bond acceptors (Lipinski definition) is 10. The molecule has 12 heteroatoms. The number of carbonyl (C=O) groups is 2. The van der Waals surface area contributed by atoms with Gasteiger partial charge in [0.2, 0.25) is 5.16 Å². The molecule has 5 rings (SSSR count). The van der Waals surface area contributed by atoms with Gasteiger partial charge in [-0.15, -0.1) is 5.10 Å². The summed E-state index contributed by atoms with van der Waals surface area (Å²) in [5, 5.41) is 25.3. The van der Waals surface area contributed by atoms with Crippen LogP contribution in [0.3, 0.4) is 0 Å². The number of ether oxygens (including phenoxy) is 3. The van der Waals surface area contributed by atoms with Gasteiger partial charge in [0.1, 0.15) is 0 Å². The van der Waals surface area contributed by atoms with Crippen molar-refractivity contribution in [2.45, 2.75) is 63.7 Å². The van der Waals surface area contributed by atoms with Crippen LogP contribution in [-0.4, -0.2) is 55.2 Å². The number of thioether (sulfide) groups is 1. The zero-order valence-electron chi connectivity index (χ0n) is 24.7. The predicted octanol–water partition coefficient (Wildman–Crippen LogP) is 4.31. The molecule has 44 heavy (non-hydrogen) atoms. The molecule has 2 N–H and O–H groups in total. The summed E-state index contributed by atoms with van der Waals surface area (Å²) in [6.45, 7) is 5.16. The fourth-order valence-corrected chi connectivity index (χ4v) is 5.95. The molecule has 5 atom stereocenters. The first kappa shape index (κ1) is 31.3. The number of nitrogens with one attached hydrogen (secondary N) is 1. The van der Waals surface area contributed by atoms with E-state index in [2.05, 4.69) is 27.8 Å². The average Bonchev–Trinajstić information content (AvgIpc) is 3.52. The SMILES string of the molecule is CC(=O)O[C@@H](C)C(=O)NCc1ccc([C@H]2O[C@@H](CSc3nnnn3-c3ccccc3)[C@@H](C)[C@@H](c3ccc(CO)cc3)O2)cc1. The third-order valence-electron chi connectivity index (χ3n) is 7.37. The second-order valence-electron chi connectivity index (χ2n) is 10.6. The summed E-state index contributed by atoms with van der Waals surface area (Å²) >= 11 is 1.52. The summed E-state index contributed by atoms with van der Waals surface area (Å²) in [6, 6.07) is 25.1. The monoisotopic (exact) mass is 617 g/mol. The zero-order chi connectivity index (χ0) is 31.1. The maximum Gasteiger partial charge on any atom is 0.303 e. The van der Waals surface area contributed by atoms with Crippen LogP contribution in [0.25, 0.3) is 5.69 Å². The van der Waals surface area contributed by atoms with E-state index in [4.69, 9.17) is 14.2 Å². The number of para-hydroxylation sites is 1. The zero-order valence-corrected chi connectivity index (χ0v) is 25.5. The van der Waals surface area contributed by atoms with Crippen molar-refractivity contribution in [3.8, 4) is 5.69 Å². The molecule has 0 bridgehead atoms. The molecule has 0 aliphatic carbocycles. The Hall–Kier alpha value is -4.10. The van der Waals surface area contributed by atoms with Crippen molar-refractivity contribution in [3.05, 3.63) is 101 Å². The number of aliphatic hydroxyl groups is 1. The summed E-state index contributed by atoms with van der Waals surface area (Å²) in [5.41, 5.74) is 4.40. The Balaban J connectivity index is 1.31. The van der Waals surface area contributed by atoms with Crippen molar-refractivity contribution in [3.63, 3.8) is 0 Å². The Bertz CT molecular complexity index is 1530. The Kier molecular flexibility index (Phi) is 10.4. The van der Waals surface area contributed by atoms with E-state index < -0.39 is 18.4 Å². The van der Waals surface area contributed by atoms with Gasteiger partial charge in [0.25, 0.3) is 5.91 Å². The molecule has 0 unspecified atom stereocenters. The van der Waals surface area contributed by atoms with E-state index in [0.717, 1.165) is 27.9 Å². The lowest BCUT2D eigenvalue weighted by atomic mass is 9.91. The highest BCUT2D eigenvalue weighted by atomic mass is 32.2. The lowest BCUT2D eigenvalue weighted by molar-refractivity contribution is -0.268. The number of hydrogen-bond donors (Lipinski definition) is 2. The topological polar surface area (TPSA) is 138 Å². The molecular formula is C32H35N5O6S. The molecule has 1 fully saturated rings. The van der Waals surface area contributed by atoms with Crippen molar-refractivity contribution in [2.75, 3.05) is 5.75 Å². The number of amides is 1. The van der Waals surface area contributed by atoms with Gasteiger partial charge in [-0.2, -0.15) is 4.68 Å². The molecule has 1 aromatic heterocycles. The number of aromatic nitrogens is 4. The quantitative estimate of drug-likeness (QED) is 0.185. The van der Waals surface area contributed by atoms with Gasteiger partial charge in [0, 0.05) is 30.7 Å². The number of nitrogens with zero attached hydrogens (tertiary/aromatic N) is 4. The molecule has 2 heterocycles. The lowest BCUT2D eigenvalue weighted by Gasteiger charge is -2.41. The van der Waals surface area contributed by atoms with Gasteiger partial charge in [-0.1, -0.05) is 85.4 Å². The minimum atomic E-state index is -0.867. The van der Waals surface area contributed by atoms with Crippen LogP contribution in [0.15, 0.2) is 84.0 Å². The van der Waals surface area contributed by atoms with Crippen LogP contribution in [0, 0.1) is 5.92 Å². The maximum absolute atomic E-state index is 12.2. The van der Waals surface area contributed by atoms with E-state index in [9.17, 15) is 14.7 Å². The molecule has 1 aliphatic heterocycles. The van der Waals surface area contributed by atoms with Crippen molar-refractivity contribution in [1.82, 2.24) is 25.5 Å². The molecule has 4 aromatic rings. The molecule has 230 valence electrons. The first-order chi connectivity index (χ1) is 21.3. The maximum atomic E-state index is 12.2. The van der Waals surface area contributed by atoms with E-state index in [0.29, 0.717) is 10.9 Å². The van der Waals surface area contributed by atoms with E-state index in [-0.39, 0.29) is 37.2 Å². The van der Waals surface area contributed by atoms with Crippen molar-refractivity contribution >= 4 is 23.6 Å². The van der Waals surface area contributed by atoms with E-state index in [1.165, 1.54) is 25.6 Å². The number of benzene rings is 3. The van der Waals surface area contributed by atoms with Gasteiger partial charge in [0.15, 0.2) is 12.4 Å². The summed E-state index contributed by atoms with van der Waals surface area (Å²) in [5.74, 6) is -0.295. The molecule has 1 amide bonds. The van der Waals surface area contributed by atoms with Gasteiger partial charge >= 0.3 is 5.97 Å². The fourth-order valence-electron chi connectivity index (χ4n) is 4.89. The normalized spacial score (nSPS) is 20.5. The van der Waals surface area contributed by atoms with Crippen molar-refractivity contribution < 1.29 is 28.9 Å². The summed E-state index contributed by atoms with van der Waals surface area (Å²) < 4.78 is 19.8. The second-order valence-corrected chi connectivity index (χ2v) is 11.5. The summed E-state index contributed by atoms with van der Waals surface area (Å²) in [6.07, 6.45) is -1.98. The van der Waals surface area contributed by atoms with Gasteiger partial charge in [-0.3, -0.25) is 9.59 Å². The smallest absolute Gasteiger partial charge is 0.303 e. The number of carbonyl (C=O) groups excluding carboxylic acids is 2. The highest BCUT2D eigenvalue weighted by molar-refractivity contribution is 7.99. The highest BCUT2D eigenvalue weighted by Crippen LogP contribution is 2.43. The Labute approximate surface area is 259 Å². The first-order valence-corrected chi connectivity index (χ1v) is 15.3. The van der Waals surface area contributed by atoms with Gasteiger partial charge < -0.3 is 24.6 Å². The molecule has 1 aliphatic rings. The van der Waals surface area contributed by atoms with Crippen LogP contribution in [0.5, 0.6) is 0 Å². The molecule has 3 aromatic carbocycles. The lowest BCUT2D eigenvalue weighted by Crippen LogP contribution is -2.38. The van der Waals surface area contributed by atoms with Crippen molar-refractivity contribution in [1.29, 1.82) is 0 Å². The van der Waals surface area contributed by atoms with Crippen LogP contribution >= 0.6 is 11.8 Å². The van der Waals surface area contributed by atoms with Gasteiger partial charge in [-0.25, -0.2) is 0 Å². The number of esters is 1. The van der Waals surface area contributed by atoms with Crippen LogP contribution in [-0.2, 0) is 37.0 Å². The third kappa shape index (κ3) is 7.69.